The summed E-state index contributed by atoms with van der Waals surface area (Å²) in [7, 11) is 0. The molecular weight excluding hydrogens is 274 g/mol. The Balaban J connectivity index is 1.64. The number of carbonyl (C=O) groups is 1. The smallest absolute Gasteiger partial charge is 0.251 e. The van der Waals surface area contributed by atoms with Crippen LogP contribution < -0.4 is 10.1 Å². The maximum atomic E-state index is 12.3. The summed E-state index contributed by atoms with van der Waals surface area (Å²) < 4.78 is 5.52. The number of aryl methyl sites for hydroxylation is 1. The fraction of sp³-hybridized carbons (Fsp3) is 0.316. The van der Waals surface area contributed by atoms with Gasteiger partial charge in [-0.3, -0.25) is 4.79 Å². The second kappa shape index (κ2) is 6.22. The lowest BCUT2D eigenvalue weighted by Gasteiger charge is -2.15. The Morgan fingerprint density at radius 1 is 1.27 bits per heavy atom. The van der Waals surface area contributed by atoms with Crippen LogP contribution in [0, 0.1) is 6.92 Å². The van der Waals surface area contributed by atoms with Crippen molar-refractivity contribution in [2.24, 2.45) is 0 Å². The molecule has 0 saturated heterocycles. The van der Waals surface area contributed by atoms with E-state index in [4.69, 9.17) is 4.74 Å². The largest absolute Gasteiger partial charge is 0.493 e. The van der Waals surface area contributed by atoms with E-state index in [1.165, 1.54) is 11.1 Å². The van der Waals surface area contributed by atoms with Crippen molar-refractivity contribution in [2.75, 3.05) is 6.61 Å². The van der Waals surface area contributed by atoms with Crippen LogP contribution in [0.1, 0.15) is 34.0 Å². The highest BCUT2D eigenvalue weighted by Crippen LogP contribution is 2.26. The number of carbonyl (C=O) groups excluding carboxylic acids is 1. The molecule has 0 aliphatic carbocycles. The average Bonchev–Trinajstić information content (AvgIpc) is 2.95. The zero-order chi connectivity index (χ0) is 15.5. The molecule has 1 aliphatic rings. The van der Waals surface area contributed by atoms with Gasteiger partial charge in [0.1, 0.15) is 5.75 Å². The van der Waals surface area contributed by atoms with Crippen LogP contribution in [0.3, 0.4) is 0 Å². The van der Waals surface area contributed by atoms with Crippen LogP contribution in [-0.4, -0.2) is 18.6 Å². The summed E-state index contributed by atoms with van der Waals surface area (Å²) in [5.74, 6) is 0.996. The topological polar surface area (TPSA) is 38.3 Å². The van der Waals surface area contributed by atoms with Crippen LogP contribution in [0.4, 0.5) is 0 Å². The predicted molar refractivity (Wildman–Crippen MR) is 87.5 cm³/mol. The number of amides is 1. The highest BCUT2D eigenvalue weighted by atomic mass is 16.5. The molecule has 1 amide bonds. The third kappa shape index (κ3) is 3.14. The first-order valence-corrected chi connectivity index (χ1v) is 7.74. The minimum atomic E-state index is -0.00454. The number of fused-ring (bicyclic) bond motifs is 1. The Labute approximate surface area is 131 Å². The normalized spacial score (nSPS) is 14.1. The van der Waals surface area contributed by atoms with Gasteiger partial charge >= 0.3 is 0 Å². The zero-order valence-corrected chi connectivity index (χ0v) is 13.1. The molecule has 114 valence electrons. The standard InChI is InChI=1S/C19H21NO2/c1-13-5-3-4-6-17(13)19(21)20-14(2)11-15-7-8-18-16(12-15)9-10-22-18/h3-8,12,14H,9-11H2,1-2H3,(H,20,21). The Morgan fingerprint density at radius 3 is 2.91 bits per heavy atom. The van der Waals surface area contributed by atoms with Gasteiger partial charge in [-0.15, -0.1) is 0 Å². The summed E-state index contributed by atoms with van der Waals surface area (Å²) >= 11 is 0. The molecule has 0 radical (unpaired) electrons. The van der Waals surface area contributed by atoms with Gasteiger partial charge in [0, 0.05) is 18.0 Å². The molecule has 1 N–H and O–H groups in total. The van der Waals surface area contributed by atoms with E-state index >= 15 is 0 Å². The molecule has 1 unspecified atom stereocenters. The summed E-state index contributed by atoms with van der Waals surface area (Å²) in [5, 5.41) is 3.08. The molecule has 3 nitrogen and oxygen atoms in total. The molecule has 1 atom stereocenters. The molecular formula is C19H21NO2. The minimum absolute atomic E-state index is 0.00454. The van der Waals surface area contributed by atoms with E-state index in [0.717, 1.165) is 36.3 Å². The van der Waals surface area contributed by atoms with Gasteiger partial charge in [0.15, 0.2) is 0 Å². The molecule has 0 bridgehead atoms. The zero-order valence-electron chi connectivity index (χ0n) is 13.1. The van der Waals surface area contributed by atoms with E-state index in [0.29, 0.717) is 0 Å². The van der Waals surface area contributed by atoms with Gasteiger partial charge in [-0.2, -0.15) is 0 Å². The van der Waals surface area contributed by atoms with Crippen LogP contribution in [0.25, 0.3) is 0 Å². The van der Waals surface area contributed by atoms with Gasteiger partial charge in [-0.05, 0) is 49.1 Å². The van der Waals surface area contributed by atoms with Crippen molar-refractivity contribution in [1.82, 2.24) is 5.32 Å². The number of nitrogens with one attached hydrogen (secondary N) is 1. The lowest BCUT2D eigenvalue weighted by molar-refractivity contribution is 0.0939. The molecule has 3 heteroatoms. The molecule has 3 rings (SSSR count). The Bertz CT molecular complexity index is 694. The first-order valence-electron chi connectivity index (χ1n) is 7.74. The van der Waals surface area contributed by atoms with Crippen LogP contribution in [-0.2, 0) is 12.8 Å². The number of rotatable bonds is 4. The van der Waals surface area contributed by atoms with E-state index in [2.05, 4.69) is 17.4 Å². The molecule has 22 heavy (non-hydrogen) atoms. The fourth-order valence-corrected chi connectivity index (χ4v) is 2.90. The summed E-state index contributed by atoms with van der Waals surface area (Å²) in [6.07, 6.45) is 1.80. The van der Waals surface area contributed by atoms with Gasteiger partial charge in [0.25, 0.3) is 5.91 Å². The predicted octanol–water partition coefficient (Wildman–Crippen LogP) is 3.29. The van der Waals surface area contributed by atoms with Crippen LogP contribution in [0.5, 0.6) is 5.75 Å². The third-order valence-corrected chi connectivity index (χ3v) is 4.06. The highest BCUT2D eigenvalue weighted by molar-refractivity contribution is 5.95. The van der Waals surface area contributed by atoms with Crippen molar-refractivity contribution < 1.29 is 9.53 Å². The van der Waals surface area contributed by atoms with Crippen LogP contribution >= 0.6 is 0 Å². The molecule has 0 fully saturated rings. The maximum Gasteiger partial charge on any atom is 0.251 e. The van der Waals surface area contributed by atoms with E-state index in [1.54, 1.807) is 0 Å². The first kappa shape index (κ1) is 14.6. The van der Waals surface area contributed by atoms with Crippen LogP contribution in [0.15, 0.2) is 42.5 Å². The monoisotopic (exact) mass is 295 g/mol. The fourth-order valence-electron chi connectivity index (χ4n) is 2.90. The number of ether oxygens (including phenoxy) is 1. The Morgan fingerprint density at radius 2 is 2.09 bits per heavy atom. The highest BCUT2D eigenvalue weighted by Gasteiger charge is 2.15. The summed E-state index contributed by atoms with van der Waals surface area (Å²) in [6, 6.07) is 14.1. The van der Waals surface area contributed by atoms with Crippen molar-refractivity contribution in [3.8, 4) is 5.75 Å². The third-order valence-electron chi connectivity index (χ3n) is 4.06. The van der Waals surface area contributed by atoms with Crippen molar-refractivity contribution >= 4 is 5.91 Å². The van der Waals surface area contributed by atoms with Crippen LogP contribution in [0.2, 0.25) is 0 Å². The number of hydrogen-bond donors (Lipinski definition) is 1. The van der Waals surface area contributed by atoms with Gasteiger partial charge in [0.05, 0.1) is 6.61 Å². The molecule has 2 aromatic rings. The number of benzene rings is 2. The van der Waals surface area contributed by atoms with Crippen molar-refractivity contribution in [1.29, 1.82) is 0 Å². The Kier molecular flexibility index (Phi) is 4.14. The Hall–Kier alpha value is -2.29. The summed E-state index contributed by atoms with van der Waals surface area (Å²) in [6.45, 7) is 4.78. The van der Waals surface area contributed by atoms with E-state index in [1.807, 2.05) is 44.2 Å². The summed E-state index contributed by atoms with van der Waals surface area (Å²) in [5.41, 5.74) is 4.26. The van der Waals surface area contributed by atoms with Gasteiger partial charge in [-0.25, -0.2) is 0 Å². The molecule has 2 aromatic carbocycles. The van der Waals surface area contributed by atoms with Crippen molar-refractivity contribution in [3.63, 3.8) is 0 Å². The van der Waals surface area contributed by atoms with Crippen molar-refractivity contribution in [3.05, 3.63) is 64.7 Å². The molecule has 0 spiro atoms. The van der Waals surface area contributed by atoms with E-state index in [9.17, 15) is 4.79 Å². The summed E-state index contributed by atoms with van der Waals surface area (Å²) in [4.78, 5) is 12.3. The molecule has 0 saturated carbocycles. The molecule has 0 aromatic heterocycles. The van der Waals surface area contributed by atoms with Gasteiger partial charge in [0.2, 0.25) is 0 Å². The second-order valence-electron chi connectivity index (χ2n) is 5.93. The average molecular weight is 295 g/mol. The SMILES string of the molecule is Cc1ccccc1C(=O)NC(C)Cc1ccc2c(c1)CCO2. The van der Waals surface area contributed by atoms with E-state index in [-0.39, 0.29) is 11.9 Å². The molecule has 1 heterocycles. The first-order chi connectivity index (χ1) is 10.6. The van der Waals surface area contributed by atoms with Gasteiger partial charge in [-0.1, -0.05) is 30.3 Å². The maximum absolute atomic E-state index is 12.3. The lowest BCUT2D eigenvalue weighted by atomic mass is 10.0. The quantitative estimate of drug-likeness (QED) is 0.940. The van der Waals surface area contributed by atoms with Crippen molar-refractivity contribution in [2.45, 2.75) is 32.7 Å². The van der Waals surface area contributed by atoms with Gasteiger partial charge < -0.3 is 10.1 Å². The second-order valence-corrected chi connectivity index (χ2v) is 5.93. The molecule has 1 aliphatic heterocycles. The minimum Gasteiger partial charge on any atom is -0.493 e. The number of hydrogen-bond acceptors (Lipinski definition) is 2. The van der Waals surface area contributed by atoms with E-state index < -0.39 is 0 Å². The lowest BCUT2D eigenvalue weighted by Crippen LogP contribution is -2.34.